The number of ether oxygens (including phenoxy) is 1. The Morgan fingerprint density at radius 3 is 2.81 bits per heavy atom. The molecule has 0 spiro atoms. The van der Waals surface area contributed by atoms with Crippen LogP contribution in [0.2, 0.25) is 0 Å². The number of halogens is 1. The Balaban J connectivity index is 1.53. The van der Waals surface area contributed by atoms with Gasteiger partial charge in [0.05, 0.1) is 21.8 Å². The molecule has 6 rings (SSSR count). The first-order chi connectivity index (χ1) is 18.0. The summed E-state index contributed by atoms with van der Waals surface area (Å²) in [5.74, 6) is -0.00548. The molecule has 2 aromatic heterocycles. The molecule has 2 aliphatic heterocycles. The van der Waals surface area contributed by atoms with Crippen molar-refractivity contribution in [3.05, 3.63) is 35.6 Å². The van der Waals surface area contributed by atoms with Crippen LogP contribution in [-0.2, 0) is 0 Å². The maximum absolute atomic E-state index is 16.5. The summed E-state index contributed by atoms with van der Waals surface area (Å²) >= 11 is 1.33. The van der Waals surface area contributed by atoms with Crippen molar-refractivity contribution >= 4 is 43.4 Å². The normalized spacial score (nSPS) is 18.5. The van der Waals surface area contributed by atoms with Crippen molar-refractivity contribution in [3.63, 3.8) is 0 Å². The van der Waals surface area contributed by atoms with Gasteiger partial charge in [-0.25, -0.2) is 9.37 Å². The van der Waals surface area contributed by atoms with Crippen LogP contribution in [-0.4, -0.2) is 72.3 Å². The number of benzene rings is 2. The number of nitrogens with zero attached hydrogens (tertiary/aromatic N) is 6. The number of para-hydroxylation sites is 1. The zero-order valence-electron chi connectivity index (χ0n) is 20.5. The Hall–Kier alpha value is -3.59. The van der Waals surface area contributed by atoms with Crippen molar-refractivity contribution in [1.82, 2.24) is 25.2 Å². The second kappa shape index (κ2) is 9.70. The summed E-state index contributed by atoms with van der Waals surface area (Å²) < 4.78 is 23.4. The molecular weight excluding hydrogens is 491 g/mol. The molecule has 11 heteroatoms. The molecule has 0 saturated carbocycles. The number of nitrogens with two attached hydrogens (primary N) is 1. The molecule has 9 nitrogen and oxygen atoms in total. The Morgan fingerprint density at radius 2 is 2.05 bits per heavy atom. The molecule has 2 fully saturated rings. The van der Waals surface area contributed by atoms with E-state index >= 15 is 4.39 Å². The first-order valence-corrected chi connectivity index (χ1v) is 13.2. The van der Waals surface area contributed by atoms with E-state index in [1.807, 2.05) is 12.1 Å². The number of rotatable bonds is 5. The number of nitriles is 1. The largest absolute Gasteiger partial charge is 0.462 e. The average molecular weight is 519 g/mol. The second-order valence-electron chi connectivity index (χ2n) is 9.48. The van der Waals surface area contributed by atoms with Gasteiger partial charge in [-0.3, -0.25) is 0 Å². The van der Waals surface area contributed by atoms with E-state index in [1.54, 1.807) is 12.1 Å². The van der Waals surface area contributed by atoms with Crippen LogP contribution in [0.15, 0.2) is 24.3 Å². The van der Waals surface area contributed by atoms with E-state index in [4.69, 9.17) is 15.5 Å². The first kappa shape index (κ1) is 23.8. The minimum absolute atomic E-state index is 0.132. The lowest BCUT2D eigenvalue weighted by molar-refractivity contribution is 0.188. The van der Waals surface area contributed by atoms with E-state index < -0.39 is 5.82 Å². The van der Waals surface area contributed by atoms with E-state index in [-0.39, 0.29) is 28.7 Å². The highest BCUT2D eigenvalue weighted by molar-refractivity contribution is 7.22. The highest BCUT2D eigenvalue weighted by Gasteiger charge is 2.26. The van der Waals surface area contributed by atoms with E-state index in [0.29, 0.717) is 47.1 Å². The molecule has 3 N–H and O–H groups in total. The molecule has 0 aliphatic carbocycles. The van der Waals surface area contributed by atoms with E-state index in [0.717, 1.165) is 37.2 Å². The topological polar surface area (TPSA) is 116 Å². The summed E-state index contributed by atoms with van der Waals surface area (Å²) in [5, 5.41) is 14.3. The van der Waals surface area contributed by atoms with Crippen molar-refractivity contribution in [2.45, 2.75) is 18.9 Å². The van der Waals surface area contributed by atoms with Gasteiger partial charge in [0.15, 0.2) is 10.9 Å². The fourth-order valence-corrected chi connectivity index (χ4v) is 6.01. The van der Waals surface area contributed by atoms with Crippen LogP contribution in [0.4, 0.5) is 15.3 Å². The number of hydrogen-bond donors (Lipinski definition) is 2. The monoisotopic (exact) mass is 518 g/mol. The van der Waals surface area contributed by atoms with Gasteiger partial charge in [-0.2, -0.15) is 15.2 Å². The molecule has 0 amide bonds. The van der Waals surface area contributed by atoms with Crippen molar-refractivity contribution < 1.29 is 9.13 Å². The molecule has 2 aromatic carbocycles. The lowest BCUT2D eigenvalue weighted by atomic mass is 9.96. The molecule has 0 radical (unpaired) electrons. The minimum atomic E-state index is -0.588. The third-order valence-corrected chi connectivity index (χ3v) is 8.06. The van der Waals surface area contributed by atoms with Crippen LogP contribution in [0.3, 0.4) is 0 Å². The van der Waals surface area contributed by atoms with Crippen molar-refractivity contribution in [3.8, 4) is 23.2 Å². The molecule has 2 saturated heterocycles. The smallest absolute Gasteiger partial charge is 0.319 e. The fraction of sp³-hybridized carbons (Fsp3) is 0.385. The van der Waals surface area contributed by atoms with E-state index in [9.17, 15) is 5.26 Å². The highest BCUT2D eigenvalue weighted by atomic mass is 32.1. The van der Waals surface area contributed by atoms with Gasteiger partial charge in [-0.15, -0.1) is 0 Å². The van der Waals surface area contributed by atoms with Gasteiger partial charge in [0.2, 0.25) is 0 Å². The summed E-state index contributed by atoms with van der Waals surface area (Å²) in [6, 6.07) is 9.76. The van der Waals surface area contributed by atoms with Gasteiger partial charge in [0.1, 0.15) is 17.9 Å². The molecule has 4 heterocycles. The van der Waals surface area contributed by atoms with E-state index in [2.05, 4.69) is 38.2 Å². The van der Waals surface area contributed by atoms with Crippen LogP contribution >= 0.6 is 11.3 Å². The Bertz CT molecular complexity index is 1530. The second-order valence-corrected chi connectivity index (χ2v) is 10.5. The lowest BCUT2D eigenvalue weighted by Crippen LogP contribution is -2.44. The van der Waals surface area contributed by atoms with Gasteiger partial charge in [-0.05, 0) is 38.6 Å². The minimum Gasteiger partial charge on any atom is -0.462 e. The Kier molecular flexibility index (Phi) is 6.24. The maximum atomic E-state index is 16.5. The van der Waals surface area contributed by atoms with Crippen LogP contribution in [0, 0.1) is 17.1 Å². The van der Waals surface area contributed by atoms with Crippen molar-refractivity contribution in [2.75, 3.05) is 57.0 Å². The zero-order valence-corrected chi connectivity index (χ0v) is 21.3. The number of aromatic nitrogens is 3. The molecular formula is C26H27FN8OS. The molecule has 190 valence electrons. The number of anilines is 2. The number of hydrogen-bond acceptors (Lipinski definition) is 10. The number of thiazole rings is 1. The lowest BCUT2D eigenvalue weighted by Gasteiger charge is -2.29. The molecule has 1 atom stereocenters. The third-order valence-electron chi connectivity index (χ3n) is 7.21. The average Bonchev–Trinajstić information content (AvgIpc) is 3.51. The van der Waals surface area contributed by atoms with Crippen molar-refractivity contribution in [2.24, 2.45) is 0 Å². The molecule has 2 aliphatic rings. The van der Waals surface area contributed by atoms with Crippen LogP contribution in [0.25, 0.3) is 32.2 Å². The highest BCUT2D eigenvalue weighted by Crippen LogP contribution is 2.40. The van der Waals surface area contributed by atoms with Crippen molar-refractivity contribution in [1.29, 1.82) is 5.26 Å². The third kappa shape index (κ3) is 4.31. The van der Waals surface area contributed by atoms with Crippen LogP contribution < -0.4 is 20.7 Å². The standard InChI is InChI=1S/C26H27FN8OS/c1-34-9-3-4-16(34)14-36-26-32-23-18(24(33-26)35-10-7-30-8-11-35)12-15(13-28)20(21(23)27)17-5-2-6-19-22(17)31-25(29)37-19/h2,5-6,12,16,30H,3-4,7-11,14H2,1H3,(H2,29,31)/t16-/m0/s1. The number of fused-ring (bicyclic) bond motifs is 2. The summed E-state index contributed by atoms with van der Waals surface area (Å²) in [7, 11) is 2.08. The van der Waals surface area contributed by atoms with Gasteiger partial charge in [0.25, 0.3) is 0 Å². The van der Waals surface area contributed by atoms with Gasteiger partial charge < -0.3 is 25.6 Å². The van der Waals surface area contributed by atoms with Crippen LogP contribution in [0.5, 0.6) is 6.01 Å². The van der Waals surface area contributed by atoms with Gasteiger partial charge in [0, 0.05) is 48.7 Å². The first-order valence-electron chi connectivity index (χ1n) is 12.4. The quantitative estimate of drug-likeness (QED) is 0.410. The fourth-order valence-electron chi connectivity index (χ4n) is 5.25. The number of likely N-dealkylation sites (N-methyl/N-ethyl adjacent to an activating group) is 1. The summed E-state index contributed by atoms with van der Waals surface area (Å²) in [6.45, 7) is 4.45. The number of likely N-dealkylation sites (tertiary alicyclic amines) is 1. The zero-order chi connectivity index (χ0) is 25.5. The van der Waals surface area contributed by atoms with Crippen LogP contribution in [0.1, 0.15) is 18.4 Å². The molecule has 0 bridgehead atoms. The summed E-state index contributed by atoms with van der Waals surface area (Å²) in [5.41, 5.74) is 7.53. The van der Waals surface area contributed by atoms with Gasteiger partial charge in [-0.1, -0.05) is 23.5 Å². The number of nitrogen functional groups attached to an aromatic ring is 1. The summed E-state index contributed by atoms with van der Waals surface area (Å²) in [4.78, 5) is 18.0. The molecule has 4 aromatic rings. The molecule has 37 heavy (non-hydrogen) atoms. The molecule has 0 unspecified atom stereocenters. The Morgan fingerprint density at radius 1 is 1.22 bits per heavy atom. The number of piperazine rings is 1. The Labute approximate surface area is 217 Å². The number of nitrogens with one attached hydrogen (secondary N) is 1. The SMILES string of the molecule is CN1CCC[C@H]1COc1nc(N2CCNCC2)c2cc(C#N)c(-c3cccc4sc(N)nc34)c(F)c2n1. The van der Waals surface area contributed by atoms with Gasteiger partial charge >= 0.3 is 6.01 Å². The maximum Gasteiger partial charge on any atom is 0.319 e. The summed E-state index contributed by atoms with van der Waals surface area (Å²) in [6.07, 6.45) is 2.16. The van der Waals surface area contributed by atoms with E-state index in [1.165, 1.54) is 11.3 Å². The predicted molar refractivity (Wildman–Crippen MR) is 143 cm³/mol. The predicted octanol–water partition coefficient (Wildman–Crippen LogP) is 3.38.